The molecule has 10 nitrogen and oxygen atoms in total. The van der Waals surface area contributed by atoms with Gasteiger partial charge in [0.2, 0.25) is 17.6 Å². The molecular formula is C27H34N4O6. The first kappa shape index (κ1) is 25.4. The van der Waals surface area contributed by atoms with Gasteiger partial charge in [0.1, 0.15) is 18.9 Å². The zero-order valence-electron chi connectivity index (χ0n) is 21.3. The average molecular weight is 511 g/mol. The van der Waals surface area contributed by atoms with E-state index in [2.05, 4.69) is 16.2 Å². The van der Waals surface area contributed by atoms with Crippen LogP contribution in [0.2, 0.25) is 0 Å². The highest BCUT2D eigenvalue weighted by molar-refractivity contribution is 5.78. The Balaban J connectivity index is 1.18. The van der Waals surface area contributed by atoms with E-state index >= 15 is 0 Å². The third kappa shape index (κ3) is 5.56. The van der Waals surface area contributed by atoms with Crippen LogP contribution in [-0.2, 0) is 9.53 Å². The predicted octanol–water partition coefficient (Wildman–Crippen LogP) is 2.75. The summed E-state index contributed by atoms with van der Waals surface area (Å²) in [4.78, 5) is 20.9. The maximum absolute atomic E-state index is 12.4. The number of carbonyl (C=O) groups excluding carboxylic acids is 1. The minimum absolute atomic E-state index is 0.00661. The zero-order valence-corrected chi connectivity index (χ0v) is 21.3. The highest BCUT2D eigenvalue weighted by Gasteiger charge is 2.38. The largest absolute Gasteiger partial charge is 0.493 e. The van der Waals surface area contributed by atoms with E-state index in [9.17, 15) is 9.90 Å². The van der Waals surface area contributed by atoms with E-state index < -0.39 is 12.3 Å². The number of nitrogens with zero attached hydrogens (tertiary/aromatic N) is 4. The number of benzene rings is 1. The van der Waals surface area contributed by atoms with E-state index in [1.807, 2.05) is 53.2 Å². The Hall–Kier alpha value is -3.21. The summed E-state index contributed by atoms with van der Waals surface area (Å²) in [5, 5.41) is 15.3. The molecule has 2 saturated heterocycles. The number of morpholine rings is 1. The number of allylic oxidation sites excluding steroid dienone is 2. The molecule has 1 aromatic carbocycles. The van der Waals surface area contributed by atoms with Gasteiger partial charge in [-0.2, -0.15) is 4.98 Å². The number of methoxy groups -OCH3 is 1. The molecule has 0 saturated carbocycles. The summed E-state index contributed by atoms with van der Waals surface area (Å²) in [6.45, 7) is 4.18. The molecule has 2 aliphatic heterocycles. The molecule has 1 aromatic heterocycles. The Bertz CT molecular complexity index is 1140. The smallest absolute Gasteiger partial charge is 0.249 e. The first-order valence-electron chi connectivity index (χ1n) is 12.9. The van der Waals surface area contributed by atoms with Gasteiger partial charge in [0, 0.05) is 24.6 Å². The Morgan fingerprint density at radius 3 is 2.78 bits per heavy atom. The van der Waals surface area contributed by atoms with Crippen LogP contribution in [0.5, 0.6) is 11.5 Å². The van der Waals surface area contributed by atoms with Crippen molar-refractivity contribution < 1.29 is 28.6 Å². The Kier molecular flexibility index (Phi) is 7.87. The topological polar surface area (TPSA) is 110 Å². The van der Waals surface area contributed by atoms with Gasteiger partial charge in [-0.05, 0) is 44.4 Å². The van der Waals surface area contributed by atoms with Crippen molar-refractivity contribution in [1.82, 2.24) is 19.9 Å². The normalized spacial score (nSPS) is 23.9. The molecule has 37 heavy (non-hydrogen) atoms. The quantitative estimate of drug-likeness (QED) is 0.573. The maximum Gasteiger partial charge on any atom is 0.249 e. The first-order valence-corrected chi connectivity index (χ1v) is 12.9. The van der Waals surface area contributed by atoms with Crippen LogP contribution in [0.3, 0.4) is 0 Å². The lowest BCUT2D eigenvalue weighted by atomic mass is 9.96. The third-order valence-corrected chi connectivity index (χ3v) is 7.23. The van der Waals surface area contributed by atoms with Gasteiger partial charge in [-0.15, -0.1) is 0 Å². The summed E-state index contributed by atoms with van der Waals surface area (Å²) in [6, 6.07) is 5.59. The fourth-order valence-electron chi connectivity index (χ4n) is 5.15. The van der Waals surface area contributed by atoms with Crippen LogP contribution < -0.4 is 9.47 Å². The molecule has 2 fully saturated rings. The number of likely N-dealkylation sites (tertiary alicyclic amines) is 1. The van der Waals surface area contributed by atoms with Gasteiger partial charge < -0.3 is 28.7 Å². The van der Waals surface area contributed by atoms with Crippen molar-refractivity contribution in [3.05, 3.63) is 48.4 Å². The molecule has 0 spiro atoms. The SMILES string of the molecule is CCOc1ccc(-c2noc(C3CCN(C(O)C4CN(C5C=CC=CC5)C(=O)CO4)CC3)n2)cc1OC. The molecule has 1 aliphatic carbocycles. The van der Waals surface area contributed by atoms with Gasteiger partial charge in [-0.3, -0.25) is 9.69 Å². The molecule has 198 valence electrons. The van der Waals surface area contributed by atoms with E-state index in [-0.39, 0.29) is 24.5 Å². The molecule has 0 radical (unpaired) electrons. The summed E-state index contributed by atoms with van der Waals surface area (Å²) in [6.07, 6.45) is 9.13. The number of hydrogen-bond donors (Lipinski definition) is 1. The number of aromatic nitrogens is 2. The fourth-order valence-corrected chi connectivity index (χ4v) is 5.15. The number of carbonyl (C=O) groups is 1. The second-order valence-electron chi connectivity index (χ2n) is 9.49. The van der Waals surface area contributed by atoms with Gasteiger partial charge in [0.25, 0.3) is 0 Å². The van der Waals surface area contributed by atoms with Crippen LogP contribution in [0, 0.1) is 0 Å². The monoisotopic (exact) mass is 510 g/mol. The highest BCUT2D eigenvalue weighted by Crippen LogP contribution is 2.34. The molecule has 5 rings (SSSR count). The molecule has 10 heteroatoms. The minimum Gasteiger partial charge on any atom is -0.493 e. The molecule has 3 atom stereocenters. The second-order valence-corrected chi connectivity index (χ2v) is 9.49. The van der Waals surface area contributed by atoms with Crippen LogP contribution in [-0.4, -0.2) is 89.3 Å². The number of aliphatic hydroxyl groups is 1. The van der Waals surface area contributed by atoms with Crippen LogP contribution in [0.1, 0.15) is 38.0 Å². The van der Waals surface area contributed by atoms with E-state index in [0.717, 1.165) is 24.8 Å². The molecule has 0 bridgehead atoms. The number of hydrogen-bond acceptors (Lipinski definition) is 9. The van der Waals surface area contributed by atoms with Crippen molar-refractivity contribution >= 4 is 5.91 Å². The summed E-state index contributed by atoms with van der Waals surface area (Å²) in [5.74, 6) is 2.47. The van der Waals surface area contributed by atoms with Crippen molar-refractivity contribution in [2.24, 2.45) is 0 Å². The first-order chi connectivity index (χ1) is 18.1. The van der Waals surface area contributed by atoms with Gasteiger partial charge in [0.15, 0.2) is 11.5 Å². The fraction of sp³-hybridized carbons (Fsp3) is 0.519. The lowest BCUT2D eigenvalue weighted by Crippen LogP contribution is -2.58. The van der Waals surface area contributed by atoms with Crippen molar-refractivity contribution in [3.63, 3.8) is 0 Å². The highest BCUT2D eigenvalue weighted by atomic mass is 16.5. The van der Waals surface area contributed by atoms with Crippen LogP contribution >= 0.6 is 0 Å². The number of aliphatic hydroxyl groups excluding tert-OH is 1. The molecule has 3 aliphatic rings. The number of amides is 1. The van der Waals surface area contributed by atoms with Gasteiger partial charge in [-0.25, -0.2) is 0 Å². The van der Waals surface area contributed by atoms with E-state index in [1.165, 1.54) is 0 Å². The van der Waals surface area contributed by atoms with Gasteiger partial charge in [0.05, 0.1) is 26.3 Å². The molecule has 1 N–H and O–H groups in total. The Morgan fingerprint density at radius 2 is 2.05 bits per heavy atom. The summed E-state index contributed by atoms with van der Waals surface area (Å²) < 4.78 is 22.4. The maximum atomic E-state index is 12.4. The van der Waals surface area contributed by atoms with E-state index in [4.69, 9.17) is 18.7 Å². The lowest BCUT2D eigenvalue weighted by Gasteiger charge is -2.42. The molecule has 1 amide bonds. The van der Waals surface area contributed by atoms with Crippen LogP contribution in [0.25, 0.3) is 11.4 Å². The molecular weight excluding hydrogens is 476 g/mol. The summed E-state index contributed by atoms with van der Waals surface area (Å²) in [7, 11) is 1.60. The van der Waals surface area contributed by atoms with Crippen LogP contribution in [0.4, 0.5) is 0 Å². The summed E-state index contributed by atoms with van der Waals surface area (Å²) >= 11 is 0. The van der Waals surface area contributed by atoms with Crippen molar-refractivity contribution in [3.8, 4) is 22.9 Å². The van der Waals surface area contributed by atoms with Crippen LogP contribution in [0.15, 0.2) is 47.0 Å². The van der Waals surface area contributed by atoms with E-state index in [1.54, 1.807) is 7.11 Å². The number of ether oxygens (including phenoxy) is 3. The lowest BCUT2D eigenvalue weighted by molar-refractivity contribution is -0.173. The van der Waals surface area contributed by atoms with Crippen molar-refractivity contribution in [2.75, 3.05) is 40.0 Å². The molecule has 2 aromatic rings. The standard InChI is InChI=1S/C27H34N4O6/c1-3-35-21-10-9-19(15-22(21)34-2)25-28-26(37-29-25)18-11-13-30(14-12-18)27(33)23-16-31(24(32)17-36-23)20-7-5-4-6-8-20/h4-7,9-10,15,18,20,23,27,33H,3,8,11-14,16-17H2,1-2H3. The third-order valence-electron chi connectivity index (χ3n) is 7.23. The van der Waals surface area contributed by atoms with E-state index in [0.29, 0.717) is 49.5 Å². The Morgan fingerprint density at radius 1 is 1.22 bits per heavy atom. The minimum atomic E-state index is -0.783. The van der Waals surface area contributed by atoms with Crippen molar-refractivity contribution in [2.45, 2.75) is 50.5 Å². The second kappa shape index (κ2) is 11.5. The average Bonchev–Trinajstić information content (AvgIpc) is 3.44. The van der Waals surface area contributed by atoms with Gasteiger partial charge >= 0.3 is 0 Å². The Labute approximate surface area is 216 Å². The molecule has 3 unspecified atom stereocenters. The zero-order chi connectivity index (χ0) is 25.8. The van der Waals surface area contributed by atoms with Gasteiger partial charge in [-0.1, -0.05) is 29.5 Å². The molecule has 3 heterocycles. The predicted molar refractivity (Wildman–Crippen MR) is 135 cm³/mol. The number of piperidine rings is 1. The summed E-state index contributed by atoms with van der Waals surface area (Å²) in [5.41, 5.74) is 0.792. The number of rotatable bonds is 8. The van der Waals surface area contributed by atoms with Crippen molar-refractivity contribution in [1.29, 1.82) is 0 Å².